The molecule has 4 nitrogen and oxygen atoms in total. The number of thioether (sulfide) groups is 1. The van der Waals surface area contributed by atoms with E-state index in [-0.39, 0.29) is 0 Å². The van der Waals surface area contributed by atoms with Gasteiger partial charge < -0.3 is 15.8 Å². The minimum Gasteiger partial charge on any atom is -0.495 e. The highest BCUT2D eigenvalue weighted by atomic mass is 32.2. The first-order valence-electron chi connectivity index (χ1n) is 6.43. The van der Waals surface area contributed by atoms with E-state index < -0.39 is 0 Å². The van der Waals surface area contributed by atoms with Crippen molar-refractivity contribution in [2.24, 2.45) is 0 Å². The third kappa shape index (κ3) is 3.41. The number of hydrogen-bond acceptors (Lipinski definition) is 5. The smallest absolute Gasteiger partial charge is 0.141 e. The Balaban J connectivity index is 2.17. The predicted molar refractivity (Wildman–Crippen MR) is 87.7 cm³/mol. The number of hydrogen-bond donors (Lipinski definition) is 2. The maximum Gasteiger partial charge on any atom is 0.141 e. The van der Waals surface area contributed by atoms with E-state index in [1.165, 1.54) is 0 Å². The Morgan fingerprint density at radius 3 is 2.76 bits per heavy atom. The van der Waals surface area contributed by atoms with Crippen LogP contribution in [0.3, 0.4) is 0 Å². The molecule has 0 bridgehead atoms. The number of anilines is 2. The molecular formula is C16H17N3OS. The van der Waals surface area contributed by atoms with E-state index in [4.69, 9.17) is 10.5 Å². The van der Waals surface area contributed by atoms with Crippen LogP contribution in [-0.4, -0.2) is 13.4 Å². The molecule has 2 aromatic carbocycles. The Bertz CT molecular complexity index is 680. The van der Waals surface area contributed by atoms with Crippen LogP contribution < -0.4 is 15.8 Å². The summed E-state index contributed by atoms with van der Waals surface area (Å²) in [5, 5.41) is 12.6. The number of rotatable bonds is 5. The highest BCUT2D eigenvalue weighted by Crippen LogP contribution is 2.27. The van der Waals surface area contributed by atoms with E-state index in [0.29, 0.717) is 23.5 Å². The normalized spacial score (nSPS) is 9.95. The van der Waals surface area contributed by atoms with Gasteiger partial charge in [0, 0.05) is 11.4 Å². The molecule has 3 N–H and O–H groups in total. The fraction of sp³-hybridized carbons (Fsp3) is 0.188. The van der Waals surface area contributed by atoms with Crippen molar-refractivity contribution in [2.75, 3.05) is 24.4 Å². The summed E-state index contributed by atoms with van der Waals surface area (Å²) in [5.41, 5.74) is 9.04. The molecule has 108 valence electrons. The minimum atomic E-state index is 0.598. The lowest BCUT2D eigenvalue weighted by atomic mass is 10.1. The molecular weight excluding hydrogens is 282 g/mol. The predicted octanol–water partition coefficient (Wildman–Crippen LogP) is 3.48. The van der Waals surface area contributed by atoms with Crippen LogP contribution in [0.1, 0.15) is 11.1 Å². The van der Waals surface area contributed by atoms with Gasteiger partial charge in [-0.15, -0.1) is 11.8 Å². The maximum absolute atomic E-state index is 9.30. The number of benzene rings is 2. The van der Waals surface area contributed by atoms with E-state index in [9.17, 15) is 5.26 Å². The van der Waals surface area contributed by atoms with Crippen molar-refractivity contribution >= 4 is 23.1 Å². The standard InChI is InChI=1S/C16H17N3OS/c1-20-15-7-6-11(8-13(15)18)10-19-14-4-3-5-16(21-2)12(14)9-17/h3-8,19H,10,18H2,1-2H3. The van der Waals surface area contributed by atoms with Crippen LogP contribution in [0.25, 0.3) is 0 Å². The van der Waals surface area contributed by atoms with Gasteiger partial charge in [-0.2, -0.15) is 5.26 Å². The first-order chi connectivity index (χ1) is 10.2. The molecule has 0 aliphatic carbocycles. The van der Waals surface area contributed by atoms with Gasteiger partial charge in [0.1, 0.15) is 11.8 Å². The van der Waals surface area contributed by atoms with E-state index in [1.807, 2.05) is 42.7 Å². The van der Waals surface area contributed by atoms with E-state index >= 15 is 0 Å². The monoisotopic (exact) mass is 299 g/mol. The lowest BCUT2D eigenvalue weighted by molar-refractivity contribution is 0.417. The third-order valence-electron chi connectivity index (χ3n) is 3.14. The van der Waals surface area contributed by atoms with Gasteiger partial charge in [-0.1, -0.05) is 12.1 Å². The molecule has 0 radical (unpaired) electrons. The summed E-state index contributed by atoms with van der Waals surface area (Å²) in [6, 6.07) is 13.7. The molecule has 0 spiro atoms. The van der Waals surface area contributed by atoms with Gasteiger partial charge in [0.05, 0.1) is 24.0 Å². The first-order valence-corrected chi connectivity index (χ1v) is 7.65. The number of nitrogens with two attached hydrogens (primary N) is 1. The van der Waals surface area contributed by atoms with Gasteiger partial charge in [-0.25, -0.2) is 0 Å². The summed E-state index contributed by atoms with van der Waals surface area (Å²) in [6.07, 6.45) is 1.96. The Hall–Kier alpha value is -2.32. The van der Waals surface area contributed by atoms with Crippen molar-refractivity contribution in [1.29, 1.82) is 5.26 Å². The van der Waals surface area contributed by atoms with E-state index in [1.54, 1.807) is 18.9 Å². The molecule has 0 aliphatic rings. The lowest BCUT2D eigenvalue weighted by Gasteiger charge is -2.12. The van der Waals surface area contributed by atoms with E-state index in [2.05, 4.69) is 11.4 Å². The van der Waals surface area contributed by atoms with Crippen LogP contribution in [0.15, 0.2) is 41.3 Å². The highest BCUT2D eigenvalue weighted by Gasteiger charge is 2.07. The molecule has 0 amide bonds. The molecule has 0 aliphatic heterocycles. The molecule has 2 rings (SSSR count). The summed E-state index contributed by atoms with van der Waals surface area (Å²) in [5.74, 6) is 0.667. The molecule has 0 aromatic heterocycles. The summed E-state index contributed by atoms with van der Waals surface area (Å²) in [7, 11) is 1.59. The Morgan fingerprint density at radius 1 is 1.33 bits per heavy atom. The second kappa shape index (κ2) is 6.91. The second-order valence-corrected chi connectivity index (χ2v) is 5.27. The van der Waals surface area contributed by atoms with Crippen LogP contribution >= 0.6 is 11.8 Å². The third-order valence-corrected chi connectivity index (χ3v) is 3.92. The Kier molecular flexibility index (Phi) is 4.96. The number of nitrogen functional groups attached to an aromatic ring is 1. The van der Waals surface area contributed by atoms with Gasteiger partial charge in [-0.3, -0.25) is 0 Å². The van der Waals surface area contributed by atoms with Gasteiger partial charge in [0.2, 0.25) is 0 Å². The quantitative estimate of drug-likeness (QED) is 0.653. The van der Waals surface area contributed by atoms with Gasteiger partial charge in [0.15, 0.2) is 0 Å². The Labute approximate surface area is 128 Å². The fourth-order valence-electron chi connectivity index (χ4n) is 2.05. The number of methoxy groups -OCH3 is 1. The summed E-state index contributed by atoms with van der Waals surface area (Å²) < 4.78 is 5.14. The number of nitrogens with zero attached hydrogens (tertiary/aromatic N) is 1. The largest absolute Gasteiger partial charge is 0.495 e. The molecule has 0 atom stereocenters. The average molecular weight is 299 g/mol. The molecule has 0 saturated heterocycles. The summed E-state index contributed by atoms with van der Waals surface area (Å²) in [6.45, 7) is 0.598. The fourth-order valence-corrected chi connectivity index (χ4v) is 2.63. The molecule has 0 heterocycles. The van der Waals surface area contributed by atoms with Crippen molar-refractivity contribution in [1.82, 2.24) is 0 Å². The summed E-state index contributed by atoms with van der Waals surface area (Å²) >= 11 is 1.56. The average Bonchev–Trinajstić information content (AvgIpc) is 2.52. The molecule has 2 aromatic rings. The number of nitriles is 1. The van der Waals surface area contributed by atoms with E-state index in [0.717, 1.165) is 16.1 Å². The van der Waals surface area contributed by atoms with Gasteiger partial charge >= 0.3 is 0 Å². The van der Waals surface area contributed by atoms with Crippen LogP contribution in [-0.2, 0) is 6.54 Å². The zero-order chi connectivity index (χ0) is 15.2. The van der Waals surface area contributed by atoms with Crippen LogP contribution in [0.4, 0.5) is 11.4 Å². The van der Waals surface area contributed by atoms with Crippen molar-refractivity contribution < 1.29 is 4.74 Å². The minimum absolute atomic E-state index is 0.598. The van der Waals surface area contributed by atoms with Crippen molar-refractivity contribution in [3.05, 3.63) is 47.5 Å². The Morgan fingerprint density at radius 2 is 2.14 bits per heavy atom. The lowest BCUT2D eigenvalue weighted by Crippen LogP contribution is -2.03. The van der Waals surface area contributed by atoms with Crippen LogP contribution in [0, 0.1) is 11.3 Å². The molecule has 0 fully saturated rings. The SMILES string of the molecule is COc1ccc(CNc2cccc(SC)c2C#N)cc1N. The first kappa shape index (κ1) is 15.1. The molecule has 5 heteroatoms. The van der Waals surface area contributed by atoms with Crippen LogP contribution in [0.5, 0.6) is 5.75 Å². The molecule has 0 unspecified atom stereocenters. The van der Waals surface area contributed by atoms with Crippen molar-refractivity contribution in [3.8, 4) is 11.8 Å². The van der Waals surface area contributed by atoms with Crippen molar-refractivity contribution in [2.45, 2.75) is 11.4 Å². The van der Waals surface area contributed by atoms with Gasteiger partial charge in [-0.05, 0) is 36.1 Å². The number of ether oxygens (including phenoxy) is 1. The van der Waals surface area contributed by atoms with Crippen LogP contribution in [0.2, 0.25) is 0 Å². The topological polar surface area (TPSA) is 71.1 Å². The van der Waals surface area contributed by atoms with Gasteiger partial charge in [0.25, 0.3) is 0 Å². The molecule has 0 saturated carbocycles. The zero-order valence-corrected chi connectivity index (χ0v) is 12.8. The van der Waals surface area contributed by atoms with Crippen molar-refractivity contribution in [3.63, 3.8) is 0 Å². The highest BCUT2D eigenvalue weighted by molar-refractivity contribution is 7.98. The summed E-state index contributed by atoms with van der Waals surface area (Å²) in [4.78, 5) is 0.969. The zero-order valence-electron chi connectivity index (χ0n) is 12.0. The second-order valence-electron chi connectivity index (χ2n) is 4.42. The maximum atomic E-state index is 9.30. The molecule has 21 heavy (non-hydrogen) atoms. The number of nitrogens with one attached hydrogen (secondary N) is 1.